The maximum absolute atomic E-state index is 12.7. The van der Waals surface area contributed by atoms with Crippen LogP contribution in [0.2, 0.25) is 0 Å². The number of aromatic nitrogens is 5. The second-order valence-electron chi connectivity index (χ2n) is 7.58. The van der Waals surface area contributed by atoms with E-state index in [4.69, 9.17) is 5.10 Å². The number of carbonyl (C=O) groups excluding carboxylic acids is 1. The molecule has 3 aromatic heterocycles. The van der Waals surface area contributed by atoms with Crippen molar-refractivity contribution in [3.8, 4) is 22.6 Å². The molecule has 2 aromatic carbocycles. The van der Waals surface area contributed by atoms with E-state index in [1.54, 1.807) is 16.9 Å². The van der Waals surface area contributed by atoms with Crippen LogP contribution in [-0.2, 0) is 0 Å². The van der Waals surface area contributed by atoms with Crippen molar-refractivity contribution in [2.45, 2.75) is 13.8 Å². The van der Waals surface area contributed by atoms with Crippen molar-refractivity contribution in [2.24, 2.45) is 0 Å². The van der Waals surface area contributed by atoms with Gasteiger partial charge in [0.25, 0.3) is 5.91 Å². The third-order valence-corrected chi connectivity index (χ3v) is 5.39. The van der Waals surface area contributed by atoms with E-state index in [9.17, 15) is 4.79 Å². The lowest BCUT2D eigenvalue weighted by molar-refractivity contribution is 0.102. The molecule has 0 aliphatic heterocycles. The lowest BCUT2D eigenvalue weighted by Gasteiger charge is -2.09. The maximum Gasteiger partial charge on any atom is 0.255 e. The molecular weight excluding hydrogens is 400 g/mol. The van der Waals surface area contributed by atoms with Gasteiger partial charge >= 0.3 is 0 Å². The molecule has 7 nitrogen and oxygen atoms in total. The average molecular weight is 420 g/mol. The quantitative estimate of drug-likeness (QED) is 0.455. The first-order chi connectivity index (χ1) is 15.6. The lowest BCUT2D eigenvalue weighted by atomic mass is 10.1. The Hall–Kier alpha value is -4.39. The van der Waals surface area contributed by atoms with E-state index in [1.165, 1.54) is 0 Å². The average Bonchev–Trinajstić information content (AvgIpc) is 3.25. The van der Waals surface area contributed by atoms with Gasteiger partial charge in [0.15, 0.2) is 11.5 Å². The Morgan fingerprint density at radius 2 is 1.69 bits per heavy atom. The number of nitrogens with one attached hydrogen (secondary N) is 1. The highest BCUT2D eigenvalue weighted by atomic mass is 16.1. The van der Waals surface area contributed by atoms with Crippen LogP contribution in [0.25, 0.3) is 28.3 Å². The summed E-state index contributed by atoms with van der Waals surface area (Å²) < 4.78 is 1.71. The monoisotopic (exact) mass is 420 g/mol. The second kappa shape index (κ2) is 8.03. The smallest absolute Gasteiger partial charge is 0.255 e. The number of pyridine rings is 1. The second-order valence-corrected chi connectivity index (χ2v) is 7.58. The van der Waals surface area contributed by atoms with Crippen LogP contribution in [0, 0.1) is 13.8 Å². The SMILES string of the molecule is Cc1ccc(C(=O)Nc2cccc(-c3ccc4nnc(-c5ccncc5)n4n3)c2)cc1C. The summed E-state index contributed by atoms with van der Waals surface area (Å²) in [6.45, 7) is 4.03. The number of benzene rings is 2. The Kier molecular flexibility index (Phi) is 4.91. The first-order valence-electron chi connectivity index (χ1n) is 10.2. The molecule has 32 heavy (non-hydrogen) atoms. The van der Waals surface area contributed by atoms with Gasteiger partial charge in [-0.05, 0) is 73.5 Å². The maximum atomic E-state index is 12.7. The molecule has 0 saturated heterocycles. The summed E-state index contributed by atoms with van der Waals surface area (Å²) in [6, 6.07) is 20.8. The molecule has 3 heterocycles. The van der Waals surface area contributed by atoms with Crippen LogP contribution in [0.3, 0.4) is 0 Å². The van der Waals surface area contributed by atoms with Gasteiger partial charge in [-0.2, -0.15) is 9.61 Å². The number of amides is 1. The van der Waals surface area contributed by atoms with Gasteiger partial charge in [0.05, 0.1) is 5.69 Å². The molecule has 0 fully saturated rings. The van der Waals surface area contributed by atoms with Crippen LogP contribution >= 0.6 is 0 Å². The van der Waals surface area contributed by atoms with E-state index in [2.05, 4.69) is 20.5 Å². The first kappa shape index (κ1) is 19.6. The third-order valence-electron chi connectivity index (χ3n) is 5.39. The van der Waals surface area contributed by atoms with Crippen LogP contribution in [0.15, 0.2) is 79.1 Å². The van der Waals surface area contributed by atoms with Crippen molar-refractivity contribution in [2.75, 3.05) is 5.32 Å². The summed E-state index contributed by atoms with van der Waals surface area (Å²) >= 11 is 0. The fourth-order valence-corrected chi connectivity index (χ4v) is 3.47. The number of carbonyl (C=O) groups is 1. The molecule has 1 amide bonds. The van der Waals surface area contributed by atoms with E-state index in [-0.39, 0.29) is 5.91 Å². The zero-order valence-electron chi connectivity index (χ0n) is 17.6. The molecule has 0 radical (unpaired) electrons. The van der Waals surface area contributed by atoms with Crippen LogP contribution in [0.4, 0.5) is 5.69 Å². The fraction of sp³-hybridized carbons (Fsp3) is 0.0800. The normalized spacial score (nSPS) is 10.9. The van der Waals surface area contributed by atoms with Crippen LogP contribution in [0.1, 0.15) is 21.5 Å². The van der Waals surface area contributed by atoms with Crippen molar-refractivity contribution in [1.29, 1.82) is 0 Å². The van der Waals surface area contributed by atoms with Gasteiger partial charge in [0.1, 0.15) is 0 Å². The first-order valence-corrected chi connectivity index (χ1v) is 10.2. The van der Waals surface area contributed by atoms with E-state index >= 15 is 0 Å². The molecule has 0 unspecified atom stereocenters. The standard InChI is InChI=1S/C25H20N6O/c1-16-6-7-20(14-17(16)2)25(32)27-21-5-3-4-19(15-21)22-8-9-23-28-29-24(31(23)30-22)18-10-12-26-13-11-18/h3-15H,1-2H3,(H,27,32). The number of aryl methyl sites for hydroxylation is 2. The van der Waals surface area contributed by atoms with Gasteiger partial charge in [0, 0.05) is 34.8 Å². The Bertz CT molecular complexity index is 1440. The molecule has 0 aliphatic rings. The predicted octanol–water partition coefficient (Wildman–Crippen LogP) is 4.72. The Balaban J connectivity index is 1.46. The molecule has 0 spiro atoms. The molecule has 5 aromatic rings. The van der Waals surface area contributed by atoms with Crippen molar-refractivity contribution >= 4 is 17.2 Å². The van der Waals surface area contributed by atoms with Crippen LogP contribution in [0.5, 0.6) is 0 Å². The van der Waals surface area contributed by atoms with Crippen molar-refractivity contribution in [1.82, 2.24) is 24.8 Å². The molecule has 5 rings (SSSR count). The van der Waals surface area contributed by atoms with Gasteiger partial charge < -0.3 is 5.32 Å². The van der Waals surface area contributed by atoms with E-state index in [0.29, 0.717) is 22.7 Å². The topological polar surface area (TPSA) is 85.1 Å². The Morgan fingerprint density at radius 1 is 0.844 bits per heavy atom. The van der Waals surface area contributed by atoms with E-state index in [0.717, 1.165) is 27.9 Å². The number of anilines is 1. The minimum absolute atomic E-state index is 0.146. The van der Waals surface area contributed by atoms with Crippen LogP contribution in [-0.4, -0.2) is 30.7 Å². The third kappa shape index (κ3) is 3.72. The van der Waals surface area contributed by atoms with E-state index in [1.807, 2.05) is 80.6 Å². The summed E-state index contributed by atoms with van der Waals surface area (Å²) in [5, 5.41) is 16.2. The fourth-order valence-electron chi connectivity index (χ4n) is 3.47. The van der Waals surface area contributed by atoms with E-state index < -0.39 is 0 Å². The highest BCUT2D eigenvalue weighted by Crippen LogP contribution is 2.24. The number of rotatable bonds is 4. The van der Waals surface area contributed by atoms with Gasteiger partial charge in [-0.1, -0.05) is 18.2 Å². The van der Waals surface area contributed by atoms with Gasteiger partial charge in [-0.25, -0.2) is 0 Å². The molecule has 156 valence electrons. The molecule has 7 heteroatoms. The van der Waals surface area contributed by atoms with Crippen molar-refractivity contribution in [3.63, 3.8) is 0 Å². The molecule has 1 N–H and O–H groups in total. The highest BCUT2D eigenvalue weighted by Gasteiger charge is 2.12. The summed E-state index contributed by atoms with van der Waals surface area (Å²) in [5.74, 6) is 0.496. The summed E-state index contributed by atoms with van der Waals surface area (Å²) in [5.41, 5.74) is 6.73. The number of hydrogen-bond acceptors (Lipinski definition) is 5. The highest BCUT2D eigenvalue weighted by molar-refractivity contribution is 6.04. The number of hydrogen-bond donors (Lipinski definition) is 1. The minimum Gasteiger partial charge on any atom is -0.322 e. The molecule has 0 aliphatic carbocycles. The number of nitrogens with zero attached hydrogens (tertiary/aromatic N) is 5. The zero-order valence-corrected chi connectivity index (χ0v) is 17.6. The minimum atomic E-state index is -0.146. The van der Waals surface area contributed by atoms with Crippen molar-refractivity contribution < 1.29 is 4.79 Å². The molecular formula is C25H20N6O. The van der Waals surface area contributed by atoms with Gasteiger partial charge in [0.2, 0.25) is 0 Å². The largest absolute Gasteiger partial charge is 0.322 e. The summed E-state index contributed by atoms with van der Waals surface area (Å²) in [7, 11) is 0. The lowest BCUT2D eigenvalue weighted by Crippen LogP contribution is -2.12. The van der Waals surface area contributed by atoms with Gasteiger partial charge in [-0.3, -0.25) is 9.78 Å². The zero-order chi connectivity index (χ0) is 22.1. The predicted molar refractivity (Wildman–Crippen MR) is 123 cm³/mol. The summed E-state index contributed by atoms with van der Waals surface area (Å²) in [4.78, 5) is 16.8. The van der Waals surface area contributed by atoms with Crippen LogP contribution < -0.4 is 5.32 Å². The summed E-state index contributed by atoms with van der Waals surface area (Å²) in [6.07, 6.45) is 3.42. The van der Waals surface area contributed by atoms with Crippen molar-refractivity contribution in [3.05, 3.63) is 95.8 Å². The molecule has 0 saturated carbocycles. The Morgan fingerprint density at radius 3 is 2.50 bits per heavy atom. The Labute approximate surface area is 184 Å². The number of fused-ring (bicyclic) bond motifs is 1. The van der Waals surface area contributed by atoms with Gasteiger partial charge in [-0.15, -0.1) is 10.2 Å². The molecule has 0 bridgehead atoms. The molecule has 0 atom stereocenters.